The van der Waals surface area contributed by atoms with Crippen LogP contribution in [0.2, 0.25) is 5.02 Å². The zero-order valence-electron chi connectivity index (χ0n) is 12.6. The molecule has 7 heteroatoms. The zero-order chi connectivity index (χ0) is 16.3. The maximum absolute atomic E-state index is 11.9. The van der Waals surface area contributed by atoms with Crippen LogP contribution in [-0.2, 0) is 6.42 Å². The standard InChI is InChI=1S/C15H17ClN2O4/c1-4-22-13-11(16)6-9(7-12(13)21-3)5-10-8(2)17-15(20)18-14(10)19/h6-7H,4-5H2,1-3H3,(H2,17,18,19,20). The van der Waals surface area contributed by atoms with Crippen LogP contribution in [0.15, 0.2) is 21.7 Å². The van der Waals surface area contributed by atoms with Crippen molar-refractivity contribution in [2.24, 2.45) is 0 Å². The molecule has 118 valence electrons. The number of nitrogens with one attached hydrogen (secondary N) is 2. The number of aromatic amines is 2. The fourth-order valence-corrected chi connectivity index (χ4v) is 2.49. The highest BCUT2D eigenvalue weighted by atomic mass is 35.5. The van der Waals surface area contributed by atoms with Gasteiger partial charge in [-0.05, 0) is 31.5 Å². The lowest BCUT2D eigenvalue weighted by Crippen LogP contribution is -2.27. The molecule has 0 atom stereocenters. The molecule has 0 radical (unpaired) electrons. The molecule has 0 aliphatic heterocycles. The van der Waals surface area contributed by atoms with Gasteiger partial charge in [0.1, 0.15) is 0 Å². The average Bonchev–Trinajstić information content (AvgIpc) is 2.45. The number of halogens is 1. The number of ether oxygens (including phenoxy) is 2. The topological polar surface area (TPSA) is 84.2 Å². The average molecular weight is 325 g/mol. The first-order valence-corrected chi connectivity index (χ1v) is 7.15. The van der Waals surface area contributed by atoms with E-state index in [2.05, 4.69) is 9.97 Å². The van der Waals surface area contributed by atoms with Crippen molar-refractivity contribution in [3.63, 3.8) is 0 Å². The molecule has 0 saturated carbocycles. The number of aromatic nitrogens is 2. The van der Waals surface area contributed by atoms with Gasteiger partial charge in [-0.2, -0.15) is 0 Å². The van der Waals surface area contributed by atoms with E-state index in [0.29, 0.717) is 40.8 Å². The Balaban J connectivity index is 2.45. The van der Waals surface area contributed by atoms with Crippen LogP contribution in [0.5, 0.6) is 11.5 Å². The minimum absolute atomic E-state index is 0.320. The third kappa shape index (κ3) is 3.33. The van der Waals surface area contributed by atoms with Crippen LogP contribution < -0.4 is 20.7 Å². The van der Waals surface area contributed by atoms with E-state index in [0.717, 1.165) is 5.56 Å². The summed E-state index contributed by atoms with van der Waals surface area (Å²) in [4.78, 5) is 27.9. The van der Waals surface area contributed by atoms with Gasteiger partial charge in [-0.1, -0.05) is 11.6 Å². The number of methoxy groups -OCH3 is 1. The molecule has 2 aromatic rings. The normalized spacial score (nSPS) is 10.5. The lowest BCUT2D eigenvalue weighted by atomic mass is 10.0. The van der Waals surface area contributed by atoms with Gasteiger partial charge >= 0.3 is 5.69 Å². The van der Waals surface area contributed by atoms with Gasteiger partial charge in [0.05, 0.1) is 18.7 Å². The van der Waals surface area contributed by atoms with Gasteiger partial charge in [0.2, 0.25) is 0 Å². The molecule has 22 heavy (non-hydrogen) atoms. The monoisotopic (exact) mass is 324 g/mol. The third-order valence-corrected chi connectivity index (χ3v) is 3.49. The van der Waals surface area contributed by atoms with Gasteiger partial charge in [0.25, 0.3) is 5.56 Å². The summed E-state index contributed by atoms with van der Waals surface area (Å²) >= 11 is 6.21. The third-order valence-electron chi connectivity index (χ3n) is 3.21. The summed E-state index contributed by atoms with van der Waals surface area (Å²) in [6, 6.07) is 3.49. The molecule has 0 bridgehead atoms. The Kier molecular flexibility index (Phi) is 4.92. The highest BCUT2D eigenvalue weighted by Gasteiger charge is 2.14. The summed E-state index contributed by atoms with van der Waals surface area (Å²) in [5.74, 6) is 0.977. The van der Waals surface area contributed by atoms with Crippen LogP contribution in [0, 0.1) is 6.92 Å². The van der Waals surface area contributed by atoms with Crippen LogP contribution in [0.25, 0.3) is 0 Å². The van der Waals surface area contributed by atoms with Crippen molar-refractivity contribution in [2.45, 2.75) is 20.3 Å². The number of aryl methyl sites for hydroxylation is 1. The van der Waals surface area contributed by atoms with Crippen molar-refractivity contribution >= 4 is 11.6 Å². The Morgan fingerprint density at radius 1 is 1.23 bits per heavy atom. The maximum Gasteiger partial charge on any atom is 0.325 e. The van der Waals surface area contributed by atoms with Crippen molar-refractivity contribution in [1.29, 1.82) is 0 Å². The number of H-pyrrole nitrogens is 2. The fourth-order valence-electron chi connectivity index (χ4n) is 2.20. The Morgan fingerprint density at radius 3 is 2.55 bits per heavy atom. The van der Waals surface area contributed by atoms with Gasteiger partial charge in [-0.25, -0.2) is 4.79 Å². The van der Waals surface area contributed by atoms with E-state index < -0.39 is 11.2 Å². The molecule has 1 aromatic carbocycles. The Labute approximate surface area is 132 Å². The molecule has 0 spiro atoms. The van der Waals surface area contributed by atoms with E-state index in [1.165, 1.54) is 7.11 Å². The molecule has 1 aromatic heterocycles. The van der Waals surface area contributed by atoms with E-state index in [-0.39, 0.29) is 0 Å². The van der Waals surface area contributed by atoms with Gasteiger partial charge in [-0.15, -0.1) is 0 Å². The second-order valence-corrected chi connectivity index (χ2v) is 5.14. The van der Waals surface area contributed by atoms with Crippen molar-refractivity contribution in [3.8, 4) is 11.5 Å². The molecule has 6 nitrogen and oxygen atoms in total. The molecule has 0 aliphatic carbocycles. The fraction of sp³-hybridized carbons (Fsp3) is 0.333. The van der Waals surface area contributed by atoms with Gasteiger partial charge < -0.3 is 14.5 Å². The second kappa shape index (κ2) is 6.70. The molecule has 1 heterocycles. The van der Waals surface area contributed by atoms with E-state index in [1.54, 1.807) is 19.1 Å². The summed E-state index contributed by atoms with van der Waals surface area (Å²) in [6.45, 7) is 4.00. The first-order valence-electron chi connectivity index (χ1n) is 6.77. The quantitative estimate of drug-likeness (QED) is 0.881. The van der Waals surface area contributed by atoms with Gasteiger partial charge in [-0.3, -0.25) is 9.78 Å². The Morgan fingerprint density at radius 2 is 1.95 bits per heavy atom. The second-order valence-electron chi connectivity index (χ2n) is 4.73. The molecule has 2 rings (SSSR count). The number of hydrogen-bond acceptors (Lipinski definition) is 4. The van der Waals surface area contributed by atoms with E-state index >= 15 is 0 Å². The molecule has 0 fully saturated rings. The summed E-state index contributed by atoms with van der Waals surface area (Å²) in [6.07, 6.45) is 0.320. The molecule has 0 saturated heterocycles. The van der Waals surface area contributed by atoms with E-state index in [9.17, 15) is 9.59 Å². The van der Waals surface area contributed by atoms with Crippen molar-refractivity contribution in [2.75, 3.05) is 13.7 Å². The van der Waals surface area contributed by atoms with Crippen molar-refractivity contribution in [3.05, 3.63) is 54.8 Å². The SMILES string of the molecule is CCOc1c(Cl)cc(Cc2c(C)[nH]c(=O)[nH]c2=O)cc1OC. The first-order chi connectivity index (χ1) is 10.5. The predicted molar refractivity (Wildman–Crippen MR) is 84.4 cm³/mol. The highest BCUT2D eigenvalue weighted by Crippen LogP contribution is 2.36. The number of benzene rings is 1. The van der Waals surface area contributed by atoms with Gasteiger partial charge in [0, 0.05) is 17.7 Å². The minimum atomic E-state index is -0.520. The Bertz CT molecular complexity index is 795. The first kappa shape index (κ1) is 16.2. The molecule has 0 aliphatic rings. The molecular weight excluding hydrogens is 308 g/mol. The summed E-state index contributed by atoms with van der Waals surface area (Å²) in [7, 11) is 1.52. The lowest BCUT2D eigenvalue weighted by molar-refractivity contribution is 0.311. The van der Waals surface area contributed by atoms with Crippen LogP contribution in [-0.4, -0.2) is 23.7 Å². The molecule has 0 amide bonds. The van der Waals surface area contributed by atoms with E-state index in [4.69, 9.17) is 21.1 Å². The molecule has 2 N–H and O–H groups in total. The maximum atomic E-state index is 11.9. The molecular formula is C15H17ClN2O4. The number of hydrogen-bond donors (Lipinski definition) is 2. The lowest BCUT2D eigenvalue weighted by Gasteiger charge is -2.13. The Hall–Kier alpha value is -2.21. The highest BCUT2D eigenvalue weighted by molar-refractivity contribution is 6.32. The minimum Gasteiger partial charge on any atom is -0.493 e. The largest absolute Gasteiger partial charge is 0.493 e. The van der Waals surface area contributed by atoms with Crippen molar-refractivity contribution in [1.82, 2.24) is 9.97 Å². The summed E-state index contributed by atoms with van der Waals surface area (Å²) in [5.41, 5.74) is 0.851. The van der Waals surface area contributed by atoms with E-state index in [1.807, 2.05) is 6.92 Å². The summed E-state index contributed by atoms with van der Waals surface area (Å²) in [5, 5.41) is 0.412. The zero-order valence-corrected chi connectivity index (χ0v) is 13.3. The van der Waals surface area contributed by atoms with Crippen LogP contribution in [0.3, 0.4) is 0 Å². The predicted octanol–water partition coefficient (Wildman–Crippen LogP) is 2.02. The van der Waals surface area contributed by atoms with Gasteiger partial charge in [0.15, 0.2) is 11.5 Å². The number of rotatable bonds is 5. The van der Waals surface area contributed by atoms with Crippen LogP contribution >= 0.6 is 11.6 Å². The smallest absolute Gasteiger partial charge is 0.325 e. The van der Waals surface area contributed by atoms with Crippen molar-refractivity contribution < 1.29 is 9.47 Å². The molecule has 0 unspecified atom stereocenters. The van der Waals surface area contributed by atoms with Crippen LogP contribution in [0.4, 0.5) is 0 Å². The van der Waals surface area contributed by atoms with Crippen LogP contribution in [0.1, 0.15) is 23.7 Å². The summed E-state index contributed by atoms with van der Waals surface area (Å²) < 4.78 is 10.7.